The summed E-state index contributed by atoms with van der Waals surface area (Å²) in [5, 5.41) is 0.784. The Hall–Kier alpha value is -1.31. The first kappa shape index (κ1) is 13.1. The van der Waals surface area contributed by atoms with Crippen LogP contribution in [-0.4, -0.2) is 17.1 Å². The van der Waals surface area contributed by atoms with Crippen LogP contribution in [0.2, 0.25) is 0 Å². The molecule has 2 aromatic rings. The van der Waals surface area contributed by atoms with Gasteiger partial charge < -0.3 is 10.2 Å². The summed E-state index contributed by atoms with van der Waals surface area (Å²) in [6, 6.07) is 7.75. The number of anilines is 1. The van der Waals surface area contributed by atoms with Crippen LogP contribution in [0, 0.1) is 0 Å². The van der Waals surface area contributed by atoms with Crippen molar-refractivity contribution >= 4 is 33.5 Å². The zero-order chi connectivity index (χ0) is 13.0. The van der Waals surface area contributed by atoms with Crippen LogP contribution in [0.3, 0.4) is 0 Å². The standard InChI is InChI=1S/C11H11BrN4OS/c1-17-7-3-2-4-8(5-7)18-11-9(12)10(16-13)14-6-15-11/h2-6H,13H2,1H3,(H,14,15,16). The largest absolute Gasteiger partial charge is 0.497 e. The number of nitrogens with one attached hydrogen (secondary N) is 1. The van der Waals surface area contributed by atoms with Crippen molar-refractivity contribution in [3.05, 3.63) is 35.1 Å². The van der Waals surface area contributed by atoms with Crippen LogP contribution in [-0.2, 0) is 0 Å². The van der Waals surface area contributed by atoms with Gasteiger partial charge in [0, 0.05) is 4.90 Å². The van der Waals surface area contributed by atoms with Crippen molar-refractivity contribution < 1.29 is 4.74 Å². The molecular weight excluding hydrogens is 316 g/mol. The average molecular weight is 327 g/mol. The highest BCUT2D eigenvalue weighted by molar-refractivity contribution is 9.10. The van der Waals surface area contributed by atoms with Gasteiger partial charge in [-0.1, -0.05) is 17.8 Å². The molecule has 0 atom stereocenters. The topological polar surface area (TPSA) is 73.1 Å². The highest BCUT2D eigenvalue weighted by Gasteiger charge is 2.09. The van der Waals surface area contributed by atoms with Gasteiger partial charge >= 0.3 is 0 Å². The van der Waals surface area contributed by atoms with Crippen molar-refractivity contribution in [2.24, 2.45) is 5.84 Å². The van der Waals surface area contributed by atoms with E-state index in [-0.39, 0.29) is 0 Å². The van der Waals surface area contributed by atoms with Gasteiger partial charge in [0.25, 0.3) is 0 Å². The van der Waals surface area contributed by atoms with E-state index >= 15 is 0 Å². The van der Waals surface area contributed by atoms with Crippen LogP contribution in [0.1, 0.15) is 0 Å². The Morgan fingerprint density at radius 1 is 1.39 bits per heavy atom. The molecule has 0 saturated heterocycles. The minimum Gasteiger partial charge on any atom is -0.497 e. The molecule has 0 amide bonds. The van der Waals surface area contributed by atoms with Crippen LogP contribution in [0.25, 0.3) is 0 Å². The number of benzene rings is 1. The van der Waals surface area contributed by atoms with E-state index in [4.69, 9.17) is 10.6 Å². The Bertz CT molecular complexity index is 552. The van der Waals surface area contributed by atoms with E-state index in [1.54, 1.807) is 7.11 Å². The van der Waals surface area contributed by atoms with Crippen molar-refractivity contribution in [2.75, 3.05) is 12.5 Å². The lowest BCUT2D eigenvalue weighted by Gasteiger charge is -2.07. The van der Waals surface area contributed by atoms with E-state index in [0.29, 0.717) is 5.82 Å². The number of nitrogens with two attached hydrogens (primary N) is 1. The number of nitrogen functional groups attached to an aromatic ring is 1. The Balaban J connectivity index is 2.28. The zero-order valence-corrected chi connectivity index (χ0v) is 12.0. The summed E-state index contributed by atoms with van der Waals surface area (Å²) in [6.07, 6.45) is 1.46. The van der Waals surface area contributed by atoms with Crippen molar-refractivity contribution in [1.82, 2.24) is 9.97 Å². The molecule has 5 nitrogen and oxygen atoms in total. The molecule has 0 spiro atoms. The Labute approximate surface area is 117 Å². The summed E-state index contributed by atoms with van der Waals surface area (Å²) in [7, 11) is 1.64. The monoisotopic (exact) mass is 326 g/mol. The molecule has 3 N–H and O–H groups in total. The highest BCUT2D eigenvalue weighted by Crippen LogP contribution is 2.35. The second-order valence-electron chi connectivity index (χ2n) is 3.27. The normalized spacial score (nSPS) is 10.2. The molecule has 0 radical (unpaired) electrons. The molecule has 0 bridgehead atoms. The number of methoxy groups -OCH3 is 1. The molecular formula is C11H11BrN4OS. The molecule has 0 fully saturated rings. The summed E-state index contributed by atoms with van der Waals surface area (Å²) in [6.45, 7) is 0. The molecule has 1 aromatic heterocycles. The van der Waals surface area contributed by atoms with Crippen LogP contribution in [0.4, 0.5) is 5.82 Å². The molecule has 0 aliphatic heterocycles. The van der Waals surface area contributed by atoms with Crippen molar-refractivity contribution in [1.29, 1.82) is 0 Å². The molecule has 0 unspecified atom stereocenters. The highest BCUT2D eigenvalue weighted by atomic mass is 79.9. The van der Waals surface area contributed by atoms with Gasteiger partial charge in [-0.15, -0.1) is 0 Å². The molecule has 0 saturated carbocycles. The average Bonchev–Trinajstić information content (AvgIpc) is 2.41. The lowest BCUT2D eigenvalue weighted by Crippen LogP contribution is -2.09. The minimum atomic E-state index is 0.551. The number of halogens is 1. The maximum Gasteiger partial charge on any atom is 0.158 e. The lowest BCUT2D eigenvalue weighted by molar-refractivity contribution is 0.413. The maximum absolute atomic E-state index is 5.36. The molecule has 1 aromatic carbocycles. The summed E-state index contributed by atoms with van der Waals surface area (Å²) < 4.78 is 5.91. The molecule has 2 rings (SSSR count). The Morgan fingerprint density at radius 3 is 2.94 bits per heavy atom. The van der Waals surface area contributed by atoms with Crippen molar-refractivity contribution in [3.63, 3.8) is 0 Å². The van der Waals surface area contributed by atoms with Crippen LogP contribution >= 0.6 is 27.7 Å². The van der Waals surface area contributed by atoms with E-state index in [0.717, 1.165) is 20.1 Å². The van der Waals surface area contributed by atoms with Gasteiger partial charge in [-0.2, -0.15) is 0 Å². The van der Waals surface area contributed by atoms with Crippen molar-refractivity contribution in [3.8, 4) is 5.75 Å². The first-order valence-electron chi connectivity index (χ1n) is 5.03. The Kier molecular flexibility index (Phi) is 4.40. The van der Waals surface area contributed by atoms with E-state index in [2.05, 4.69) is 31.3 Å². The smallest absolute Gasteiger partial charge is 0.158 e. The predicted molar refractivity (Wildman–Crippen MR) is 74.7 cm³/mol. The number of hydrazine groups is 1. The van der Waals surface area contributed by atoms with Crippen LogP contribution in [0.5, 0.6) is 5.75 Å². The van der Waals surface area contributed by atoms with Gasteiger partial charge in [0.2, 0.25) is 0 Å². The zero-order valence-electron chi connectivity index (χ0n) is 9.55. The predicted octanol–water partition coefficient (Wildman–Crippen LogP) is 2.68. The molecule has 1 heterocycles. The number of nitrogens with zero attached hydrogens (tertiary/aromatic N) is 2. The van der Waals surface area contributed by atoms with E-state index in [1.165, 1.54) is 18.1 Å². The fourth-order valence-electron chi connectivity index (χ4n) is 1.30. The summed E-state index contributed by atoms with van der Waals surface area (Å²) in [4.78, 5) is 9.23. The van der Waals surface area contributed by atoms with Gasteiger partial charge in [-0.05, 0) is 34.1 Å². The molecule has 18 heavy (non-hydrogen) atoms. The molecule has 7 heteroatoms. The fraction of sp³-hybridized carbons (Fsp3) is 0.0909. The quantitative estimate of drug-likeness (QED) is 0.511. The van der Waals surface area contributed by atoms with E-state index < -0.39 is 0 Å². The summed E-state index contributed by atoms with van der Waals surface area (Å²) >= 11 is 4.91. The fourth-order valence-corrected chi connectivity index (χ4v) is 2.69. The van der Waals surface area contributed by atoms with Gasteiger partial charge in [0.1, 0.15) is 17.1 Å². The maximum atomic E-state index is 5.36. The Morgan fingerprint density at radius 2 is 2.22 bits per heavy atom. The third kappa shape index (κ3) is 2.92. The van der Waals surface area contributed by atoms with Crippen molar-refractivity contribution in [2.45, 2.75) is 9.92 Å². The SMILES string of the molecule is COc1cccc(Sc2ncnc(NN)c2Br)c1. The lowest BCUT2D eigenvalue weighted by atomic mass is 10.3. The molecule has 0 aliphatic rings. The van der Waals surface area contributed by atoms with Gasteiger partial charge in [0.05, 0.1) is 11.6 Å². The number of hydrogen-bond donors (Lipinski definition) is 2. The molecule has 0 aliphatic carbocycles. The summed E-state index contributed by atoms with van der Waals surface area (Å²) in [5.41, 5.74) is 2.51. The first-order chi connectivity index (χ1) is 8.74. The number of aromatic nitrogens is 2. The van der Waals surface area contributed by atoms with Gasteiger partial charge in [-0.3, -0.25) is 0 Å². The third-order valence-corrected chi connectivity index (χ3v) is 4.16. The van der Waals surface area contributed by atoms with Crippen LogP contribution in [0.15, 0.2) is 45.0 Å². The second-order valence-corrected chi connectivity index (χ2v) is 5.12. The number of ether oxygens (including phenoxy) is 1. The number of rotatable bonds is 4. The van der Waals surface area contributed by atoms with Gasteiger partial charge in [0.15, 0.2) is 5.82 Å². The first-order valence-corrected chi connectivity index (χ1v) is 6.64. The number of hydrogen-bond acceptors (Lipinski definition) is 6. The second kappa shape index (κ2) is 6.03. The molecule has 94 valence electrons. The van der Waals surface area contributed by atoms with Crippen LogP contribution < -0.4 is 16.0 Å². The van der Waals surface area contributed by atoms with Gasteiger partial charge in [-0.25, -0.2) is 15.8 Å². The third-order valence-electron chi connectivity index (χ3n) is 2.15. The summed E-state index contributed by atoms with van der Waals surface area (Å²) in [5.74, 6) is 6.72. The van der Waals surface area contributed by atoms with E-state index in [1.807, 2.05) is 24.3 Å². The minimum absolute atomic E-state index is 0.551. The van der Waals surface area contributed by atoms with E-state index in [9.17, 15) is 0 Å².